The van der Waals surface area contributed by atoms with Crippen LogP contribution in [0.1, 0.15) is 38.2 Å². The van der Waals surface area contributed by atoms with Crippen molar-refractivity contribution in [2.45, 2.75) is 25.4 Å². The molecule has 2 aliphatic heterocycles. The number of hydrogen-bond donors (Lipinski definition) is 0. The summed E-state index contributed by atoms with van der Waals surface area (Å²) < 4.78 is 78.7. The molecule has 0 bridgehead atoms. The number of benzene rings is 4. The van der Waals surface area contributed by atoms with Gasteiger partial charge in [0.2, 0.25) is 0 Å². The first-order chi connectivity index (χ1) is 22.9. The molecule has 2 saturated heterocycles. The second kappa shape index (κ2) is 14.0. The molecule has 0 unspecified atom stereocenters. The molecule has 2 fully saturated rings. The average molecular weight is 667 g/mol. The molecule has 6 rings (SSSR count). The average Bonchev–Trinajstić information content (AvgIpc) is 3.09. The highest BCUT2D eigenvalue weighted by atomic mass is 19.4. The number of piperazine rings is 2. The molecule has 5 nitrogen and oxygen atoms in total. The van der Waals surface area contributed by atoms with Crippen molar-refractivity contribution in [2.75, 3.05) is 62.2 Å². The molecule has 4 aromatic carbocycles. The van der Waals surface area contributed by atoms with Gasteiger partial charge in [-0.25, -0.2) is 0 Å². The van der Waals surface area contributed by atoms with Crippen LogP contribution in [0.5, 0.6) is 0 Å². The second-order valence-corrected chi connectivity index (χ2v) is 12.3. The van der Waals surface area contributed by atoms with E-state index in [0.29, 0.717) is 61.8 Å². The first kappa shape index (κ1) is 33.5. The van der Waals surface area contributed by atoms with Crippen LogP contribution in [0.3, 0.4) is 0 Å². The third kappa shape index (κ3) is 8.19. The van der Waals surface area contributed by atoms with Gasteiger partial charge in [0.1, 0.15) is 0 Å². The van der Waals surface area contributed by atoms with Crippen LogP contribution in [0, 0.1) is 0 Å². The molecule has 4 aromatic rings. The van der Waals surface area contributed by atoms with Crippen molar-refractivity contribution in [3.05, 3.63) is 130 Å². The quantitative estimate of drug-likeness (QED) is 0.143. The summed E-state index contributed by atoms with van der Waals surface area (Å²) in [7, 11) is 0. The number of hydrogen-bond acceptors (Lipinski definition) is 5. The summed E-state index contributed by atoms with van der Waals surface area (Å²) in [5.74, 6) is -0.0718. The first-order valence-electron chi connectivity index (χ1n) is 15.9. The van der Waals surface area contributed by atoms with Gasteiger partial charge in [-0.05, 0) is 47.5 Å². The van der Waals surface area contributed by atoms with Gasteiger partial charge >= 0.3 is 12.4 Å². The van der Waals surface area contributed by atoms with Crippen molar-refractivity contribution in [1.29, 1.82) is 0 Å². The number of halogens is 6. The van der Waals surface area contributed by atoms with Crippen LogP contribution in [-0.4, -0.2) is 67.9 Å². The summed E-state index contributed by atoms with van der Waals surface area (Å²) in [4.78, 5) is 21.7. The van der Waals surface area contributed by atoms with Crippen LogP contribution in [0.2, 0.25) is 0 Å². The lowest BCUT2D eigenvalue weighted by Gasteiger charge is -2.36. The third-order valence-corrected chi connectivity index (χ3v) is 9.07. The molecule has 0 aromatic heterocycles. The van der Waals surface area contributed by atoms with E-state index in [1.54, 1.807) is 12.1 Å². The Hall–Kier alpha value is -4.35. The van der Waals surface area contributed by atoms with Gasteiger partial charge in [-0.3, -0.25) is 14.6 Å². The topological polar surface area (TPSA) is 30.0 Å². The molecule has 0 N–H and O–H groups in total. The Morgan fingerprint density at radius 2 is 0.854 bits per heavy atom. The maximum absolute atomic E-state index is 13.2. The van der Waals surface area contributed by atoms with E-state index >= 15 is 0 Å². The summed E-state index contributed by atoms with van der Waals surface area (Å²) in [5.41, 5.74) is 3.17. The molecule has 0 saturated carbocycles. The molecular formula is C37H36F6N4O. The Morgan fingerprint density at radius 3 is 1.19 bits per heavy atom. The SMILES string of the molecule is O=C(c1ccc(CN2CCN(c3cccc(C(F)(F)F)c3)CC2)cc1)c1ccc(CN2CCN(c3cccc(C(F)(F)F)c3)CC2)cc1. The number of alkyl halides is 6. The van der Waals surface area contributed by atoms with E-state index in [1.807, 2.05) is 58.3 Å². The fourth-order valence-corrected chi connectivity index (χ4v) is 6.29. The number of ketones is 1. The Balaban J connectivity index is 0.966. The van der Waals surface area contributed by atoms with Gasteiger partial charge in [0.25, 0.3) is 0 Å². The monoisotopic (exact) mass is 666 g/mol. The first-order valence-corrected chi connectivity index (χ1v) is 15.9. The van der Waals surface area contributed by atoms with Crippen LogP contribution < -0.4 is 9.80 Å². The van der Waals surface area contributed by atoms with Crippen molar-refractivity contribution in [3.8, 4) is 0 Å². The summed E-state index contributed by atoms with van der Waals surface area (Å²) in [6.45, 7) is 6.76. The number of rotatable bonds is 8. The highest BCUT2D eigenvalue weighted by Gasteiger charge is 2.32. The third-order valence-electron chi connectivity index (χ3n) is 9.07. The standard InChI is InChI=1S/C37H36F6N4O/c38-36(39,40)31-3-1-5-33(23-31)46-19-15-44(16-20-46)25-27-7-11-29(12-8-27)35(48)30-13-9-28(10-14-30)26-45-17-21-47(22-18-45)34-6-2-4-32(24-34)37(41,42)43/h1-14,23-24H,15-22,25-26H2. The van der Waals surface area contributed by atoms with Gasteiger partial charge in [-0.15, -0.1) is 0 Å². The summed E-state index contributed by atoms with van der Waals surface area (Å²) >= 11 is 0. The number of nitrogens with zero attached hydrogens (tertiary/aromatic N) is 4. The largest absolute Gasteiger partial charge is 0.416 e. The van der Waals surface area contributed by atoms with E-state index in [0.717, 1.165) is 49.4 Å². The Labute approximate surface area is 276 Å². The molecular weight excluding hydrogens is 630 g/mol. The van der Waals surface area contributed by atoms with Crippen LogP contribution in [0.25, 0.3) is 0 Å². The Morgan fingerprint density at radius 1 is 0.500 bits per heavy atom. The molecule has 252 valence electrons. The Bertz CT molecular complexity index is 1560. The van der Waals surface area contributed by atoms with Gasteiger partial charge in [0.15, 0.2) is 5.78 Å². The fourth-order valence-electron chi connectivity index (χ4n) is 6.29. The summed E-state index contributed by atoms with van der Waals surface area (Å²) in [6.07, 6.45) is -8.73. The molecule has 0 amide bonds. The fraction of sp³-hybridized carbons (Fsp3) is 0.324. The minimum atomic E-state index is -4.36. The highest BCUT2D eigenvalue weighted by molar-refractivity contribution is 6.09. The van der Waals surface area contributed by atoms with Gasteiger partial charge in [0.05, 0.1) is 11.1 Å². The van der Waals surface area contributed by atoms with Crippen molar-refractivity contribution in [1.82, 2.24) is 9.80 Å². The molecule has 11 heteroatoms. The predicted molar refractivity (Wildman–Crippen MR) is 174 cm³/mol. The van der Waals surface area contributed by atoms with E-state index in [4.69, 9.17) is 0 Å². The van der Waals surface area contributed by atoms with Crippen LogP contribution in [-0.2, 0) is 25.4 Å². The van der Waals surface area contributed by atoms with E-state index in [9.17, 15) is 31.1 Å². The molecule has 0 radical (unpaired) electrons. The molecule has 0 atom stereocenters. The van der Waals surface area contributed by atoms with E-state index in [-0.39, 0.29) is 5.78 Å². The van der Waals surface area contributed by atoms with Crippen molar-refractivity contribution < 1.29 is 31.1 Å². The lowest BCUT2D eigenvalue weighted by atomic mass is 10.0. The van der Waals surface area contributed by atoms with Crippen molar-refractivity contribution in [2.24, 2.45) is 0 Å². The molecule has 2 heterocycles. The maximum atomic E-state index is 13.2. The molecule has 0 spiro atoms. The predicted octanol–water partition coefficient (Wildman–Crippen LogP) is 7.60. The smallest absolute Gasteiger partial charge is 0.369 e. The molecule has 48 heavy (non-hydrogen) atoms. The van der Waals surface area contributed by atoms with Gasteiger partial charge in [0, 0.05) is 87.9 Å². The van der Waals surface area contributed by atoms with E-state index in [2.05, 4.69) is 9.80 Å². The lowest BCUT2D eigenvalue weighted by Crippen LogP contribution is -2.46. The lowest BCUT2D eigenvalue weighted by molar-refractivity contribution is -0.138. The maximum Gasteiger partial charge on any atom is 0.416 e. The number of carbonyl (C=O) groups excluding carboxylic acids is 1. The van der Waals surface area contributed by atoms with Gasteiger partial charge < -0.3 is 9.80 Å². The number of anilines is 2. The van der Waals surface area contributed by atoms with Crippen LogP contribution in [0.15, 0.2) is 97.1 Å². The van der Waals surface area contributed by atoms with Gasteiger partial charge in [-0.2, -0.15) is 26.3 Å². The normalized spacial score (nSPS) is 16.7. The van der Waals surface area contributed by atoms with E-state index < -0.39 is 23.5 Å². The number of carbonyl (C=O) groups is 1. The zero-order valence-electron chi connectivity index (χ0n) is 26.3. The van der Waals surface area contributed by atoms with Gasteiger partial charge in [-0.1, -0.05) is 60.7 Å². The minimum Gasteiger partial charge on any atom is -0.369 e. The zero-order chi connectivity index (χ0) is 33.9. The summed E-state index contributed by atoms with van der Waals surface area (Å²) in [5, 5.41) is 0. The second-order valence-electron chi connectivity index (χ2n) is 12.3. The van der Waals surface area contributed by atoms with E-state index in [1.165, 1.54) is 24.3 Å². The highest BCUT2D eigenvalue weighted by Crippen LogP contribution is 2.33. The zero-order valence-corrected chi connectivity index (χ0v) is 26.3. The molecule has 0 aliphatic carbocycles. The molecule has 2 aliphatic rings. The van der Waals surface area contributed by atoms with Crippen LogP contribution in [0.4, 0.5) is 37.7 Å². The summed E-state index contributed by atoms with van der Waals surface area (Å²) in [6, 6.07) is 26.0. The van der Waals surface area contributed by atoms with Crippen molar-refractivity contribution in [3.63, 3.8) is 0 Å². The Kier molecular flexibility index (Phi) is 9.80. The van der Waals surface area contributed by atoms with Crippen molar-refractivity contribution >= 4 is 17.2 Å². The minimum absolute atomic E-state index is 0.0718. The van der Waals surface area contributed by atoms with Crippen LogP contribution >= 0.6 is 0 Å².